The summed E-state index contributed by atoms with van der Waals surface area (Å²) < 4.78 is 33.3. The molecule has 538 valence electrons. The van der Waals surface area contributed by atoms with Gasteiger partial charge in [-0.1, -0.05) is 367 Å². The quantitative estimate of drug-likeness (QED) is 0.0264. The van der Waals surface area contributed by atoms with Crippen molar-refractivity contribution in [2.45, 2.75) is 380 Å². The number of unbranched alkanes of at least 4 members (excludes halogenated alkanes) is 43. The van der Waals surface area contributed by atoms with E-state index >= 15 is 0 Å². The van der Waals surface area contributed by atoms with Crippen LogP contribution in [0.4, 0.5) is 0 Å². The number of carbonyl (C=O) groups is 2. The first-order valence-electron chi connectivity index (χ1n) is 39.4. The summed E-state index contributed by atoms with van der Waals surface area (Å²) >= 11 is 0. The maximum atomic E-state index is 12.8. The van der Waals surface area contributed by atoms with Gasteiger partial charge in [-0.25, -0.2) is 4.57 Å². The fourth-order valence-electron chi connectivity index (χ4n) is 11.4. The smallest absolute Gasteiger partial charge is 0.462 e. The van der Waals surface area contributed by atoms with E-state index < -0.39 is 26.5 Å². The van der Waals surface area contributed by atoms with Crippen molar-refractivity contribution in [3.63, 3.8) is 0 Å². The molecule has 0 aromatic heterocycles. The molecule has 0 rings (SSSR count). The maximum absolute atomic E-state index is 12.8. The van der Waals surface area contributed by atoms with Gasteiger partial charge in [0, 0.05) is 19.4 Å². The minimum Gasteiger partial charge on any atom is -0.462 e. The van der Waals surface area contributed by atoms with Gasteiger partial charge in [0.25, 0.3) is 0 Å². The number of allylic oxidation sites excluding steroid dienone is 18. The van der Waals surface area contributed by atoms with Crippen LogP contribution in [0.5, 0.6) is 0 Å². The third-order valence-electron chi connectivity index (χ3n) is 17.1. The van der Waals surface area contributed by atoms with Gasteiger partial charge < -0.3 is 20.1 Å². The molecule has 0 aliphatic carbocycles. The molecule has 10 heteroatoms. The van der Waals surface area contributed by atoms with Crippen molar-refractivity contribution in [2.24, 2.45) is 5.73 Å². The lowest BCUT2D eigenvalue weighted by Gasteiger charge is -2.19. The second-order valence-electron chi connectivity index (χ2n) is 26.2. The van der Waals surface area contributed by atoms with Crippen molar-refractivity contribution in [2.75, 3.05) is 26.4 Å². The molecule has 0 aromatic carbocycles. The molecule has 2 atom stereocenters. The number of esters is 2. The Morgan fingerprint density at radius 3 is 0.892 bits per heavy atom. The Bertz CT molecular complexity index is 1900. The fourth-order valence-corrected chi connectivity index (χ4v) is 12.1. The Morgan fingerprint density at radius 1 is 0.333 bits per heavy atom. The Hall–Kier alpha value is -3.33. The third kappa shape index (κ3) is 77.6. The van der Waals surface area contributed by atoms with Crippen LogP contribution in [0.15, 0.2) is 109 Å². The molecule has 0 aliphatic heterocycles. The minimum atomic E-state index is -4.40. The summed E-state index contributed by atoms with van der Waals surface area (Å²) in [4.78, 5) is 35.5. The Balaban J connectivity index is 3.82. The predicted molar refractivity (Wildman–Crippen MR) is 404 cm³/mol. The molecule has 0 fully saturated rings. The van der Waals surface area contributed by atoms with E-state index in [0.29, 0.717) is 6.42 Å². The standard InChI is InChI=1S/C83H148NO8P/c1-3-5-7-9-11-13-15-17-19-21-23-25-27-29-31-33-35-36-37-38-39-40-41-42-43-44-46-48-50-52-54-56-58-60-62-64-66-68-70-72-74-76-83(86)92-81(80-91-93(87,88)90-78-77-84)79-89-82(85)75-73-71-69-67-65-63-61-59-57-55-53-51-49-47-45-34-32-30-28-26-24-22-20-18-16-14-12-10-8-6-4-2/h5,7,11,13,17,19,22-25,29,31,35-36,38-39,41-42,81H,3-4,6,8-10,12,14-16,18,20-21,26-28,30,32-34,37,40,43-80,84H2,1-2H3,(H,87,88)/b7-5-,13-11-,19-17-,24-22-,25-23-,31-29-,36-35-,39-38-,42-41-. The Labute approximate surface area is 575 Å². The van der Waals surface area contributed by atoms with Gasteiger partial charge >= 0.3 is 19.8 Å². The molecule has 0 bridgehead atoms. The lowest BCUT2D eigenvalue weighted by atomic mass is 10.0. The molecule has 0 saturated heterocycles. The molecule has 0 aromatic rings. The molecular formula is C83H148NO8P. The van der Waals surface area contributed by atoms with Crippen molar-refractivity contribution >= 4 is 19.8 Å². The van der Waals surface area contributed by atoms with Gasteiger partial charge in [-0.2, -0.15) is 0 Å². The van der Waals surface area contributed by atoms with Crippen LogP contribution in [-0.4, -0.2) is 49.3 Å². The molecule has 0 spiro atoms. The zero-order valence-corrected chi connectivity index (χ0v) is 61.6. The summed E-state index contributed by atoms with van der Waals surface area (Å²) in [6.45, 7) is 3.68. The highest BCUT2D eigenvalue weighted by molar-refractivity contribution is 7.47. The third-order valence-corrected chi connectivity index (χ3v) is 18.1. The SMILES string of the molecule is CC/C=C\C/C=C\C/C=C\C/C=C\C/C=C\C/C=C\C/C=C\C/C=C\CCCCCCCCCCCCCCCCCCC(=O)OC(COC(=O)CCCCCCCCCCCCCCCCCCCCC/C=C\CCCCCCCCCC)COP(=O)(O)OCCN. The predicted octanol–water partition coefficient (Wildman–Crippen LogP) is 26.4. The van der Waals surface area contributed by atoms with Crippen LogP contribution >= 0.6 is 7.82 Å². The molecule has 3 N–H and O–H groups in total. The van der Waals surface area contributed by atoms with Crippen molar-refractivity contribution in [1.82, 2.24) is 0 Å². The van der Waals surface area contributed by atoms with Gasteiger partial charge in [0.2, 0.25) is 0 Å². The van der Waals surface area contributed by atoms with E-state index in [0.717, 1.165) is 89.9 Å². The summed E-state index contributed by atoms with van der Waals surface area (Å²) in [6.07, 6.45) is 108. The van der Waals surface area contributed by atoms with E-state index in [1.807, 2.05) is 0 Å². The number of hydrogen-bond acceptors (Lipinski definition) is 8. The fraction of sp³-hybridized carbons (Fsp3) is 0.759. The first kappa shape index (κ1) is 89.7. The summed E-state index contributed by atoms with van der Waals surface area (Å²) in [5, 5.41) is 0. The zero-order valence-electron chi connectivity index (χ0n) is 60.7. The van der Waals surface area contributed by atoms with Gasteiger partial charge in [0.05, 0.1) is 13.2 Å². The van der Waals surface area contributed by atoms with Crippen LogP contribution in [-0.2, 0) is 32.7 Å². The molecule has 0 aliphatic rings. The highest BCUT2D eigenvalue weighted by Gasteiger charge is 2.26. The van der Waals surface area contributed by atoms with E-state index in [1.165, 1.54) is 250 Å². The molecule has 2 unspecified atom stereocenters. The molecular weight excluding hydrogens is 1170 g/mol. The number of phosphoric ester groups is 1. The molecule has 93 heavy (non-hydrogen) atoms. The average molecular weight is 1320 g/mol. The Morgan fingerprint density at radius 2 is 0.591 bits per heavy atom. The molecule has 0 saturated carbocycles. The van der Waals surface area contributed by atoms with Gasteiger partial charge in [0.15, 0.2) is 6.10 Å². The zero-order chi connectivity index (χ0) is 67.2. The number of hydrogen-bond donors (Lipinski definition) is 2. The van der Waals surface area contributed by atoms with Crippen LogP contribution in [0, 0.1) is 0 Å². The van der Waals surface area contributed by atoms with Crippen LogP contribution < -0.4 is 5.73 Å². The summed E-state index contributed by atoms with van der Waals surface area (Å²) in [6, 6.07) is 0. The summed E-state index contributed by atoms with van der Waals surface area (Å²) in [5.74, 6) is -0.813. The number of rotatable bonds is 74. The molecule has 0 radical (unpaired) electrons. The van der Waals surface area contributed by atoms with Crippen molar-refractivity contribution in [3.05, 3.63) is 109 Å². The molecule has 0 amide bonds. The Kier molecular flexibility index (Phi) is 74.9. The number of nitrogens with two attached hydrogens (primary N) is 1. The van der Waals surface area contributed by atoms with Gasteiger partial charge in [0.1, 0.15) is 6.61 Å². The van der Waals surface area contributed by atoms with Crippen molar-refractivity contribution in [1.29, 1.82) is 0 Å². The van der Waals surface area contributed by atoms with E-state index in [-0.39, 0.29) is 38.6 Å². The normalized spacial score (nSPS) is 13.5. The second kappa shape index (κ2) is 77.7. The number of phosphoric acid groups is 1. The minimum absolute atomic E-state index is 0.0523. The lowest BCUT2D eigenvalue weighted by molar-refractivity contribution is -0.161. The van der Waals surface area contributed by atoms with E-state index in [9.17, 15) is 19.0 Å². The summed E-state index contributed by atoms with van der Waals surface area (Å²) in [5.41, 5.74) is 5.41. The van der Waals surface area contributed by atoms with E-state index in [1.54, 1.807) is 0 Å². The van der Waals surface area contributed by atoms with Crippen molar-refractivity contribution < 1.29 is 37.6 Å². The van der Waals surface area contributed by atoms with Gasteiger partial charge in [-0.3, -0.25) is 18.6 Å². The first-order chi connectivity index (χ1) is 45.8. The monoisotopic (exact) mass is 1320 g/mol. The number of ether oxygens (including phenoxy) is 2. The molecule has 0 heterocycles. The van der Waals surface area contributed by atoms with E-state index in [2.05, 4.69) is 123 Å². The van der Waals surface area contributed by atoms with Crippen LogP contribution in [0.3, 0.4) is 0 Å². The van der Waals surface area contributed by atoms with Crippen LogP contribution in [0.25, 0.3) is 0 Å². The second-order valence-corrected chi connectivity index (χ2v) is 27.7. The van der Waals surface area contributed by atoms with Crippen molar-refractivity contribution in [3.8, 4) is 0 Å². The molecule has 9 nitrogen and oxygen atoms in total. The van der Waals surface area contributed by atoms with E-state index in [4.69, 9.17) is 24.3 Å². The van der Waals surface area contributed by atoms with Gasteiger partial charge in [-0.05, 0) is 103 Å². The highest BCUT2D eigenvalue weighted by Crippen LogP contribution is 2.43. The maximum Gasteiger partial charge on any atom is 0.472 e. The summed E-state index contributed by atoms with van der Waals surface area (Å²) in [7, 11) is -4.40. The van der Waals surface area contributed by atoms with Crippen LogP contribution in [0.1, 0.15) is 373 Å². The first-order valence-corrected chi connectivity index (χ1v) is 40.9. The lowest BCUT2D eigenvalue weighted by Crippen LogP contribution is -2.29. The van der Waals surface area contributed by atoms with Crippen LogP contribution in [0.2, 0.25) is 0 Å². The highest BCUT2D eigenvalue weighted by atomic mass is 31.2. The van der Waals surface area contributed by atoms with Gasteiger partial charge in [-0.15, -0.1) is 0 Å². The largest absolute Gasteiger partial charge is 0.472 e. The number of carbonyl (C=O) groups excluding carboxylic acids is 2. The average Bonchev–Trinajstić information content (AvgIpc) is 3.49. The topological polar surface area (TPSA) is 134 Å².